The highest BCUT2D eigenvalue weighted by molar-refractivity contribution is 7.18. The van der Waals surface area contributed by atoms with Crippen molar-refractivity contribution >= 4 is 38.9 Å². The average Bonchev–Trinajstić information content (AvgIpc) is 3.18. The number of amides is 1. The molecule has 2 heterocycles. The maximum absolute atomic E-state index is 12.8. The number of likely N-dealkylation sites (tertiary alicyclic amines) is 1. The highest BCUT2D eigenvalue weighted by Gasteiger charge is 2.33. The summed E-state index contributed by atoms with van der Waals surface area (Å²) in [5.74, 6) is 0.382. The highest BCUT2D eigenvalue weighted by atomic mass is 32.1. The molecular weight excluding hydrogens is 382 g/mol. The molecule has 0 aliphatic carbocycles. The summed E-state index contributed by atoms with van der Waals surface area (Å²) in [6, 6.07) is 15.2. The number of anilines is 1. The number of benzene rings is 2. The smallest absolute Gasteiger partial charge is 0.282 e. The van der Waals surface area contributed by atoms with Crippen LogP contribution in [-0.2, 0) is 4.79 Å². The van der Waals surface area contributed by atoms with Gasteiger partial charge in [-0.25, -0.2) is 4.98 Å². The molecule has 2 aromatic carbocycles. The molecule has 4 rings (SSSR count). The zero-order valence-corrected chi connectivity index (χ0v) is 17.6. The van der Waals surface area contributed by atoms with Crippen molar-refractivity contribution in [2.45, 2.75) is 38.6 Å². The first-order valence-corrected chi connectivity index (χ1v) is 10.9. The molecule has 3 atom stereocenters. The van der Waals surface area contributed by atoms with E-state index in [0.717, 1.165) is 31.4 Å². The number of quaternary nitrogens is 1. The molecule has 0 bridgehead atoms. The van der Waals surface area contributed by atoms with Gasteiger partial charge in [0, 0.05) is 11.3 Å². The van der Waals surface area contributed by atoms with E-state index in [2.05, 4.69) is 23.5 Å². The lowest BCUT2D eigenvalue weighted by Crippen LogP contribution is -3.17. The van der Waals surface area contributed by atoms with Gasteiger partial charge in [-0.05, 0) is 51.0 Å². The van der Waals surface area contributed by atoms with Crippen LogP contribution in [0.5, 0.6) is 0 Å². The molecular formula is C23H26N3O2S+. The molecule has 0 radical (unpaired) electrons. The van der Waals surface area contributed by atoms with Crippen molar-refractivity contribution in [1.29, 1.82) is 0 Å². The van der Waals surface area contributed by atoms with Gasteiger partial charge in [-0.1, -0.05) is 24.3 Å². The minimum Gasteiger partial charge on any atom is -0.324 e. The molecule has 1 unspecified atom stereocenters. The van der Waals surface area contributed by atoms with Gasteiger partial charge in [0.15, 0.2) is 11.8 Å². The predicted octanol–water partition coefficient (Wildman–Crippen LogP) is 3.29. The molecule has 1 aliphatic rings. The van der Waals surface area contributed by atoms with Crippen LogP contribution in [0.25, 0.3) is 10.2 Å². The number of carbonyl (C=O) groups is 2. The number of piperidine rings is 1. The molecule has 0 spiro atoms. The standard InChI is InChI=1S/C23H25N3O2S/c1-15(22(28)24-19-9-5-7-17(13-19)16(2)27)26-12-6-8-18(14-26)23-25-20-10-3-4-11-21(20)29-23/h3-5,7,9-11,13,15,18H,6,8,12,14H2,1-2H3,(H,24,28)/p+1/t15-,18+/m1/s1. The van der Waals surface area contributed by atoms with Gasteiger partial charge in [-0.3, -0.25) is 9.59 Å². The summed E-state index contributed by atoms with van der Waals surface area (Å²) in [6.07, 6.45) is 2.21. The van der Waals surface area contributed by atoms with Gasteiger partial charge in [0.25, 0.3) is 5.91 Å². The van der Waals surface area contributed by atoms with Crippen molar-refractivity contribution in [2.24, 2.45) is 0 Å². The van der Waals surface area contributed by atoms with Crippen LogP contribution in [-0.4, -0.2) is 35.8 Å². The van der Waals surface area contributed by atoms with Crippen molar-refractivity contribution in [3.8, 4) is 0 Å². The zero-order valence-electron chi connectivity index (χ0n) is 16.8. The summed E-state index contributed by atoms with van der Waals surface area (Å²) in [6.45, 7) is 5.43. The number of fused-ring (bicyclic) bond motifs is 1. The van der Waals surface area contributed by atoms with E-state index < -0.39 is 0 Å². The van der Waals surface area contributed by atoms with Crippen LogP contribution in [0.1, 0.15) is 48.0 Å². The molecule has 5 nitrogen and oxygen atoms in total. The second kappa shape index (κ2) is 8.43. The third-order valence-corrected chi connectivity index (χ3v) is 6.96. The van der Waals surface area contributed by atoms with E-state index in [1.165, 1.54) is 21.5 Å². The SMILES string of the molecule is CC(=O)c1cccc(NC(=O)[C@@H](C)[NH+]2CCC[C@H](c3nc4ccccc4s3)C2)c1. The number of nitrogens with one attached hydrogen (secondary N) is 2. The van der Waals surface area contributed by atoms with Gasteiger partial charge in [-0.15, -0.1) is 11.3 Å². The predicted molar refractivity (Wildman–Crippen MR) is 117 cm³/mol. The van der Waals surface area contributed by atoms with Crippen LogP contribution >= 0.6 is 11.3 Å². The molecule has 1 saturated heterocycles. The first kappa shape index (κ1) is 19.7. The van der Waals surface area contributed by atoms with Crippen LogP contribution in [0.3, 0.4) is 0 Å². The lowest BCUT2D eigenvalue weighted by atomic mass is 9.97. The number of para-hydroxylation sites is 1. The van der Waals surface area contributed by atoms with E-state index in [9.17, 15) is 9.59 Å². The zero-order chi connectivity index (χ0) is 20.4. The molecule has 6 heteroatoms. The van der Waals surface area contributed by atoms with Gasteiger partial charge in [0.2, 0.25) is 0 Å². The Hall–Kier alpha value is -2.57. The number of carbonyl (C=O) groups excluding carboxylic acids is 2. The normalized spacial score (nSPS) is 20.3. The second-order valence-corrected chi connectivity index (χ2v) is 8.88. The number of thiazole rings is 1. The van der Waals surface area contributed by atoms with Gasteiger partial charge in [-0.2, -0.15) is 0 Å². The van der Waals surface area contributed by atoms with E-state index >= 15 is 0 Å². The Morgan fingerprint density at radius 2 is 2.03 bits per heavy atom. The Balaban J connectivity index is 1.44. The van der Waals surface area contributed by atoms with Crippen molar-refractivity contribution in [3.63, 3.8) is 0 Å². The van der Waals surface area contributed by atoms with Crippen LogP contribution in [0.2, 0.25) is 0 Å². The molecule has 1 fully saturated rings. The fourth-order valence-corrected chi connectivity index (χ4v) is 5.12. The molecule has 1 aliphatic heterocycles. The summed E-state index contributed by atoms with van der Waals surface area (Å²) in [5.41, 5.74) is 2.35. The van der Waals surface area contributed by atoms with Crippen LogP contribution in [0.15, 0.2) is 48.5 Å². The molecule has 1 aromatic heterocycles. The number of rotatable bonds is 5. The molecule has 150 valence electrons. The Kier molecular flexibility index (Phi) is 5.74. The summed E-state index contributed by atoms with van der Waals surface area (Å²) in [7, 11) is 0. The summed E-state index contributed by atoms with van der Waals surface area (Å²) in [5, 5.41) is 4.17. The van der Waals surface area contributed by atoms with Crippen molar-refractivity contribution in [3.05, 3.63) is 59.1 Å². The fraction of sp³-hybridized carbons (Fsp3) is 0.348. The largest absolute Gasteiger partial charge is 0.324 e. The van der Waals surface area contributed by atoms with Crippen molar-refractivity contribution in [1.82, 2.24) is 4.98 Å². The summed E-state index contributed by atoms with van der Waals surface area (Å²) < 4.78 is 1.23. The Morgan fingerprint density at radius 1 is 1.21 bits per heavy atom. The van der Waals surface area contributed by atoms with Crippen LogP contribution in [0.4, 0.5) is 5.69 Å². The average molecular weight is 409 g/mol. The quantitative estimate of drug-likeness (QED) is 0.637. The minimum absolute atomic E-state index is 0.00511. The lowest BCUT2D eigenvalue weighted by molar-refractivity contribution is -0.920. The van der Waals surface area contributed by atoms with E-state index in [1.807, 2.05) is 19.1 Å². The van der Waals surface area contributed by atoms with Gasteiger partial charge in [0.1, 0.15) is 5.01 Å². The number of Topliss-reactive ketones (excluding diaryl/α,β-unsaturated/α-hetero) is 1. The number of hydrogen-bond donors (Lipinski definition) is 2. The Bertz CT molecular complexity index is 1010. The fourth-order valence-electron chi connectivity index (χ4n) is 4.02. The second-order valence-electron chi connectivity index (χ2n) is 7.82. The number of aromatic nitrogens is 1. The van der Waals surface area contributed by atoms with E-state index in [4.69, 9.17) is 4.98 Å². The Labute approximate surface area is 174 Å². The van der Waals surface area contributed by atoms with Gasteiger partial charge < -0.3 is 10.2 Å². The number of nitrogens with zero attached hydrogens (tertiary/aromatic N) is 1. The first-order valence-electron chi connectivity index (χ1n) is 10.1. The summed E-state index contributed by atoms with van der Waals surface area (Å²) >= 11 is 1.78. The third-order valence-electron chi connectivity index (χ3n) is 5.76. The van der Waals surface area contributed by atoms with Gasteiger partial charge >= 0.3 is 0 Å². The van der Waals surface area contributed by atoms with Crippen LogP contribution in [0, 0.1) is 0 Å². The molecule has 29 heavy (non-hydrogen) atoms. The van der Waals surface area contributed by atoms with Crippen molar-refractivity contribution < 1.29 is 14.5 Å². The Morgan fingerprint density at radius 3 is 2.83 bits per heavy atom. The minimum atomic E-state index is -0.159. The highest BCUT2D eigenvalue weighted by Crippen LogP contribution is 2.30. The number of ketones is 1. The maximum atomic E-state index is 12.8. The topological polar surface area (TPSA) is 63.5 Å². The third kappa shape index (κ3) is 4.38. The number of hydrogen-bond acceptors (Lipinski definition) is 4. The van der Waals surface area contributed by atoms with Gasteiger partial charge in [0.05, 0.1) is 29.2 Å². The van der Waals surface area contributed by atoms with E-state index in [-0.39, 0.29) is 17.7 Å². The molecule has 1 amide bonds. The van der Waals surface area contributed by atoms with E-state index in [0.29, 0.717) is 17.2 Å². The molecule has 2 N–H and O–H groups in total. The molecule has 0 saturated carbocycles. The van der Waals surface area contributed by atoms with Crippen molar-refractivity contribution in [2.75, 3.05) is 18.4 Å². The first-order chi connectivity index (χ1) is 14.0. The van der Waals surface area contributed by atoms with E-state index in [1.54, 1.807) is 29.5 Å². The lowest BCUT2D eigenvalue weighted by Gasteiger charge is -2.32. The maximum Gasteiger partial charge on any atom is 0.282 e. The summed E-state index contributed by atoms with van der Waals surface area (Å²) in [4.78, 5) is 30.6. The van der Waals surface area contributed by atoms with Crippen LogP contribution < -0.4 is 10.2 Å². The molecule has 3 aromatic rings. The monoisotopic (exact) mass is 408 g/mol.